The normalized spacial score (nSPS) is 14.1. The number of benzene rings is 1. The highest BCUT2D eigenvalue weighted by Crippen LogP contribution is 2.27. The fourth-order valence-corrected chi connectivity index (χ4v) is 4.22. The van der Waals surface area contributed by atoms with Crippen molar-refractivity contribution in [2.75, 3.05) is 23.3 Å². The first-order valence-corrected chi connectivity index (χ1v) is 9.87. The van der Waals surface area contributed by atoms with Crippen molar-refractivity contribution in [3.05, 3.63) is 45.5 Å². The Morgan fingerprint density at radius 3 is 2.85 bits per heavy atom. The number of anilines is 2. The molecule has 2 aromatic heterocycles. The summed E-state index contributed by atoms with van der Waals surface area (Å²) in [6, 6.07) is 5.29. The van der Waals surface area contributed by atoms with Gasteiger partial charge in [0.05, 0.1) is 0 Å². The summed E-state index contributed by atoms with van der Waals surface area (Å²) >= 11 is 7.42. The molecule has 3 aromatic rings. The molecule has 1 aliphatic rings. The number of carbonyl (C=O) groups is 1. The van der Waals surface area contributed by atoms with Gasteiger partial charge in [-0.1, -0.05) is 29.0 Å². The first-order valence-electron chi connectivity index (χ1n) is 8.68. The Balaban J connectivity index is 1.54. The van der Waals surface area contributed by atoms with Gasteiger partial charge in [-0.25, -0.2) is 4.98 Å². The molecular formula is C18H18ClN5O2S. The van der Waals surface area contributed by atoms with Crippen molar-refractivity contribution in [1.29, 1.82) is 0 Å². The molecule has 4 rings (SSSR count). The van der Waals surface area contributed by atoms with Crippen LogP contribution in [0.15, 0.2) is 29.3 Å². The third kappa shape index (κ3) is 3.68. The van der Waals surface area contributed by atoms with E-state index in [1.807, 2.05) is 13.0 Å². The number of amides is 1. The highest BCUT2D eigenvalue weighted by atomic mass is 35.5. The third-order valence-corrected chi connectivity index (χ3v) is 6.02. The number of carbonyl (C=O) groups excluding carboxylic acids is 1. The van der Waals surface area contributed by atoms with E-state index in [-0.39, 0.29) is 18.0 Å². The lowest BCUT2D eigenvalue weighted by Gasteiger charge is -2.11. The molecule has 0 saturated carbocycles. The van der Waals surface area contributed by atoms with Gasteiger partial charge in [-0.2, -0.15) is 4.98 Å². The van der Waals surface area contributed by atoms with Crippen molar-refractivity contribution in [3.8, 4) is 0 Å². The lowest BCUT2D eigenvalue weighted by molar-refractivity contribution is -0.116. The van der Waals surface area contributed by atoms with Crippen molar-refractivity contribution in [1.82, 2.24) is 14.5 Å². The quantitative estimate of drug-likeness (QED) is 0.724. The van der Waals surface area contributed by atoms with E-state index in [1.165, 1.54) is 22.2 Å². The predicted octanol–water partition coefficient (Wildman–Crippen LogP) is 3.05. The molecule has 0 radical (unpaired) electrons. The van der Waals surface area contributed by atoms with Crippen LogP contribution in [0.5, 0.6) is 0 Å². The summed E-state index contributed by atoms with van der Waals surface area (Å²) in [6.07, 6.45) is 3.65. The van der Waals surface area contributed by atoms with E-state index in [0.717, 1.165) is 36.6 Å². The number of halogens is 1. The summed E-state index contributed by atoms with van der Waals surface area (Å²) in [5, 5.41) is 4.15. The van der Waals surface area contributed by atoms with Crippen molar-refractivity contribution in [2.45, 2.75) is 26.3 Å². The van der Waals surface area contributed by atoms with E-state index in [0.29, 0.717) is 21.1 Å². The molecule has 1 saturated heterocycles. The number of nitrogens with zero attached hydrogens (tertiary/aromatic N) is 4. The van der Waals surface area contributed by atoms with Crippen LogP contribution in [0, 0.1) is 6.92 Å². The zero-order valence-electron chi connectivity index (χ0n) is 14.7. The Morgan fingerprint density at radius 2 is 2.11 bits per heavy atom. The zero-order valence-corrected chi connectivity index (χ0v) is 16.3. The van der Waals surface area contributed by atoms with Gasteiger partial charge in [0.2, 0.25) is 5.91 Å². The van der Waals surface area contributed by atoms with Crippen LogP contribution >= 0.6 is 22.9 Å². The maximum Gasteiger partial charge on any atom is 0.273 e. The monoisotopic (exact) mass is 403 g/mol. The van der Waals surface area contributed by atoms with Crippen molar-refractivity contribution < 1.29 is 4.79 Å². The lowest BCUT2D eigenvalue weighted by Crippen LogP contribution is -2.27. The first kappa shape index (κ1) is 17.9. The minimum Gasteiger partial charge on any atom is -0.348 e. The second-order valence-electron chi connectivity index (χ2n) is 6.53. The lowest BCUT2D eigenvalue weighted by atomic mass is 10.2. The SMILES string of the molecule is Cc1ccc(NC(=O)Cn2cnc3nc(N4CCCC4)sc3c2=O)cc1Cl. The summed E-state index contributed by atoms with van der Waals surface area (Å²) in [5.41, 5.74) is 1.71. The topological polar surface area (TPSA) is 80.1 Å². The predicted molar refractivity (Wildman–Crippen MR) is 108 cm³/mol. The van der Waals surface area contributed by atoms with Crippen LogP contribution in [0.4, 0.5) is 10.8 Å². The van der Waals surface area contributed by atoms with Crippen LogP contribution in [0.3, 0.4) is 0 Å². The van der Waals surface area contributed by atoms with Crippen LogP contribution in [0.2, 0.25) is 5.02 Å². The molecule has 1 aromatic carbocycles. The van der Waals surface area contributed by atoms with Crippen LogP contribution in [-0.2, 0) is 11.3 Å². The summed E-state index contributed by atoms with van der Waals surface area (Å²) in [6.45, 7) is 3.68. The van der Waals surface area contributed by atoms with Crippen molar-refractivity contribution in [3.63, 3.8) is 0 Å². The van der Waals surface area contributed by atoms with Gasteiger partial charge in [0.15, 0.2) is 10.8 Å². The molecule has 0 atom stereocenters. The van der Waals surface area contributed by atoms with Crippen molar-refractivity contribution in [2.24, 2.45) is 0 Å². The second-order valence-corrected chi connectivity index (χ2v) is 7.92. The molecule has 0 unspecified atom stereocenters. The number of thiazole rings is 1. The maximum absolute atomic E-state index is 12.7. The molecule has 0 bridgehead atoms. The van der Waals surface area contributed by atoms with E-state index in [9.17, 15) is 9.59 Å². The Kier molecular flexibility index (Phi) is 4.84. The molecular weight excluding hydrogens is 386 g/mol. The number of hydrogen-bond donors (Lipinski definition) is 1. The molecule has 1 amide bonds. The number of hydrogen-bond acceptors (Lipinski definition) is 6. The van der Waals surface area contributed by atoms with Gasteiger partial charge in [0, 0.05) is 23.8 Å². The van der Waals surface area contributed by atoms with Crippen LogP contribution in [-0.4, -0.2) is 33.5 Å². The minimum atomic E-state index is -0.317. The highest BCUT2D eigenvalue weighted by molar-refractivity contribution is 7.22. The van der Waals surface area contributed by atoms with Crippen LogP contribution < -0.4 is 15.8 Å². The molecule has 140 valence electrons. The number of aromatic nitrogens is 3. The molecule has 7 nitrogen and oxygen atoms in total. The molecule has 1 N–H and O–H groups in total. The van der Waals surface area contributed by atoms with Crippen molar-refractivity contribution >= 4 is 50.0 Å². The van der Waals surface area contributed by atoms with Gasteiger partial charge >= 0.3 is 0 Å². The van der Waals surface area contributed by atoms with Gasteiger partial charge in [-0.15, -0.1) is 0 Å². The minimum absolute atomic E-state index is 0.121. The Morgan fingerprint density at radius 1 is 1.33 bits per heavy atom. The highest BCUT2D eigenvalue weighted by Gasteiger charge is 2.19. The number of aryl methyl sites for hydroxylation is 1. The first-order chi connectivity index (χ1) is 13.0. The van der Waals surface area contributed by atoms with Gasteiger partial charge in [-0.3, -0.25) is 14.2 Å². The number of fused-ring (bicyclic) bond motifs is 1. The van der Waals surface area contributed by atoms with Gasteiger partial charge in [-0.05, 0) is 37.5 Å². The van der Waals surface area contributed by atoms with E-state index in [1.54, 1.807) is 12.1 Å². The van der Waals surface area contributed by atoms with Gasteiger partial charge in [0.25, 0.3) is 5.56 Å². The molecule has 3 heterocycles. The van der Waals surface area contributed by atoms with Gasteiger partial charge in [0.1, 0.15) is 17.6 Å². The Labute approximate surface area is 164 Å². The van der Waals surface area contributed by atoms with E-state index >= 15 is 0 Å². The van der Waals surface area contributed by atoms with E-state index < -0.39 is 0 Å². The summed E-state index contributed by atoms with van der Waals surface area (Å²) in [4.78, 5) is 35.9. The average molecular weight is 404 g/mol. The average Bonchev–Trinajstić information content (AvgIpc) is 3.30. The number of rotatable bonds is 4. The second kappa shape index (κ2) is 7.28. The standard InChI is InChI=1S/C18H18ClN5O2S/c1-11-4-5-12(8-13(11)19)21-14(25)9-24-10-20-16-15(17(24)26)27-18(22-16)23-6-2-3-7-23/h4-5,8,10H,2-3,6-7,9H2,1H3,(H,21,25). The fraction of sp³-hybridized carbons (Fsp3) is 0.333. The van der Waals surface area contributed by atoms with E-state index in [4.69, 9.17) is 11.6 Å². The molecule has 1 fully saturated rings. The third-order valence-electron chi connectivity index (χ3n) is 4.52. The maximum atomic E-state index is 12.7. The zero-order chi connectivity index (χ0) is 19.0. The van der Waals surface area contributed by atoms with Crippen LogP contribution in [0.1, 0.15) is 18.4 Å². The summed E-state index contributed by atoms with van der Waals surface area (Å²) in [5.74, 6) is -0.317. The van der Waals surface area contributed by atoms with E-state index in [2.05, 4.69) is 20.2 Å². The Hall–Kier alpha value is -2.45. The molecule has 0 aliphatic carbocycles. The summed E-state index contributed by atoms with van der Waals surface area (Å²) < 4.78 is 1.78. The molecule has 0 spiro atoms. The molecule has 1 aliphatic heterocycles. The largest absolute Gasteiger partial charge is 0.348 e. The molecule has 9 heteroatoms. The smallest absolute Gasteiger partial charge is 0.273 e. The van der Waals surface area contributed by atoms with Crippen LogP contribution in [0.25, 0.3) is 10.3 Å². The molecule has 27 heavy (non-hydrogen) atoms. The summed E-state index contributed by atoms with van der Waals surface area (Å²) in [7, 11) is 0. The Bertz CT molecular complexity index is 1070. The number of nitrogens with one attached hydrogen (secondary N) is 1. The fourth-order valence-electron chi connectivity index (χ4n) is 3.02. The van der Waals surface area contributed by atoms with Gasteiger partial charge < -0.3 is 10.2 Å².